The minimum Gasteiger partial charge on any atom is -0.270 e. The van der Waals surface area contributed by atoms with Crippen molar-refractivity contribution in [1.82, 2.24) is 0 Å². The highest BCUT2D eigenvalue weighted by atomic mass is 32.2. The van der Waals surface area contributed by atoms with Gasteiger partial charge in [-0.15, -0.1) is 11.8 Å². The monoisotopic (exact) mass is 216 g/mol. The van der Waals surface area contributed by atoms with Gasteiger partial charge in [0, 0.05) is 11.3 Å². The second kappa shape index (κ2) is 4.08. The summed E-state index contributed by atoms with van der Waals surface area (Å²) in [6.07, 6.45) is 0.496. The van der Waals surface area contributed by atoms with E-state index in [0.29, 0.717) is 6.42 Å². The zero-order chi connectivity index (χ0) is 10.7. The molecular weight excluding hydrogens is 204 g/mol. The fraction of sp³-hybridized carbons (Fsp3) is 0.333. The van der Waals surface area contributed by atoms with E-state index in [1.54, 1.807) is 11.8 Å². The molecule has 0 spiro atoms. The number of nitriles is 1. The Balaban J connectivity index is 2.24. The molecule has 1 aromatic rings. The molecule has 0 radical (unpaired) electrons. The van der Waals surface area contributed by atoms with Gasteiger partial charge in [-0.3, -0.25) is 4.99 Å². The quantitative estimate of drug-likeness (QED) is 0.762. The van der Waals surface area contributed by atoms with E-state index in [9.17, 15) is 0 Å². The Kier molecular flexibility index (Phi) is 2.79. The Hall–Kier alpha value is -1.27. The van der Waals surface area contributed by atoms with E-state index in [4.69, 9.17) is 5.26 Å². The van der Waals surface area contributed by atoms with Crippen LogP contribution in [0.2, 0.25) is 0 Å². The number of hydrogen-bond acceptors (Lipinski definition) is 3. The Morgan fingerprint density at radius 2 is 2.20 bits per heavy atom. The summed E-state index contributed by atoms with van der Waals surface area (Å²) in [5.74, 6) is 0.908. The molecule has 3 heteroatoms. The third kappa shape index (κ3) is 2.21. The van der Waals surface area contributed by atoms with Crippen molar-refractivity contribution in [2.75, 3.05) is 5.75 Å². The number of hydrogen-bond donors (Lipinski definition) is 0. The van der Waals surface area contributed by atoms with E-state index in [2.05, 4.69) is 23.2 Å². The first-order valence-corrected chi connectivity index (χ1v) is 5.87. The molecule has 0 bridgehead atoms. The van der Waals surface area contributed by atoms with E-state index in [1.807, 2.05) is 25.1 Å². The molecule has 2 nitrogen and oxygen atoms in total. The molecule has 1 aliphatic heterocycles. The SMILES string of the molecule is C[C@@]1(CC#N)CSC(c2ccccc2)=N1. The largest absolute Gasteiger partial charge is 0.270 e. The van der Waals surface area contributed by atoms with Crippen molar-refractivity contribution in [3.63, 3.8) is 0 Å². The lowest BCUT2D eigenvalue weighted by atomic mass is 10.0. The van der Waals surface area contributed by atoms with Crippen molar-refractivity contribution in [2.24, 2.45) is 4.99 Å². The number of rotatable bonds is 2. The standard InChI is InChI=1S/C12H12N2S/c1-12(7-8-13)9-15-11(14-12)10-5-3-2-4-6-10/h2-6H,7,9H2,1H3/t12-/m1/s1. The summed E-state index contributed by atoms with van der Waals surface area (Å²) >= 11 is 1.74. The normalized spacial score (nSPS) is 24.7. The van der Waals surface area contributed by atoms with Crippen molar-refractivity contribution in [1.29, 1.82) is 5.26 Å². The average Bonchev–Trinajstić information content (AvgIpc) is 2.63. The van der Waals surface area contributed by atoms with Crippen LogP contribution in [0.15, 0.2) is 35.3 Å². The third-order valence-electron chi connectivity index (χ3n) is 2.37. The first-order chi connectivity index (χ1) is 7.23. The summed E-state index contributed by atoms with van der Waals surface area (Å²) in [7, 11) is 0. The van der Waals surface area contributed by atoms with Crippen LogP contribution in [-0.2, 0) is 0 Å². The molecule has 1 aliphatic rings. The van der Waals surface area contributed by atoms with Gasteiger partial charge in [0.25, 0.3) is 0 Å². The zero-order valence-corrected chi connectivity index (χ0v) is 9.42. The fourth-order valence-electron chi connectivity index (χ4n) is 1.52. The van der Waals surface area contributed by atoms with Crippen LogP contribution in [0.25, 0.3) is 0 Å². The van der Waals surface area contributed by atoms with Gasteiger partial charge in [-0.25, -0.2) is 0 Å². The molecule has 0 amide bonds. The molecular formula is C12H12N2S. The van der Waals surface area contributed by atoms with Crippen molar-refractivity contribution >= 4 is 16.8 Å². The molecule has 0 saturated heterocycles. The van der Waals surface area contributed by atoms with Gasteiger partial charge in [-0.2, -0.15) is 5.26 Å². The number of nitrogens with zero attached hydrogens (tertiary/aromatic N) is 2. The highest BCUT2D eigenvalue weighted by molar-refractivity contribution is 8.14. The van der Waals surface area contributed by atoms with Gasteiger partial charge in [0.05, 0.1) is 23.1 Å². The molecule has 1 atom stereocenters. The van der Waals surface area contributed by atoms with E-state index < -0.39 is 0 Å². The lowest BCUT2D eigenvalue weighted by molar-refractivity contribution is 0.556. The summed E-state index contributed by atoms with van der Waals surface area (Å²) in [6, 6.07) is 12.3. The fourth-order valence-corrected chi connectivity index (χ4v) is 2.72. The molecule has 15 heavy (non-hydrogen) atoms. The second-order valence-corrected chi connectivity index (χ2v) is 4.87. The van der Waals surface area contributed by atoms with Gasteiger partial charge in [-0.1, -0.05) is 30.3 Å². The van der Waals surface area contributed by atoms with Gasteiger partial charge in [-0.05, 0) is 6.92 Å². The average molecular weight is 216 g/mol. The number of aliphatic imine (C=N–C) groups is 1. The van der Waals surface area contributed by atoms with Gasteiger partial charge in [0.1, 0.15) is 0 Å². The maximum atomic E-state index is 8.72. The van der Waals surface area contributed by atoms with E-state index in [-0.39, 0.29) is 5.54 Å². The maximum Gasteiger partial charge on any atom is 0.0985 e. The topological polar surface area (TPSA) is 36.1 Å². The number of benzene rings is 1. The van der Waals surface area contributed by atoms with E-state index in [1.165, 1.54) is 0 Å². The molecule has 0 fully saturated rings. The van der Waals surface area contributed by atoms with Gasteiger partial charge >= 0.3 is 0 Å². The minimum atomic E-state index is -0.190. The minimum absolute atomic E-state index is 0.190. The van der Waals surface area contributed by atoms with Crippen LogP contribution >= 0.6 is 11.8 Å². The highest BCUT2D eigenvalue weighted by Crippen LogP contribution is 2.32. The lowest BCUT2D eigenvalue weighted by Gasteiger charge is -2.13. The van der Waals surface area contributed by atoms with Crippen LogP contribution in [0.3, 0.4) is 0 Å². The Morgan fingerprint density at radius 3 is 2.87 bits per heavy atom. The summed E-state index contributed by atoms with van der Waals surface area (Å²) in [5, 5.41) is 9.78. The van der Waals surface area contributed by atoms with Crippen LogP contribution in [0.1, 0.15) is 18.9 Å². The molecule has 0 aromatic heterocycles. The predicted octanol–water partition coefficient (Wildman–Crippen LogP) is 2.85. The van der Waals surface area contributed by atoms with Crippen molar-refractivity contribution in [3.8, 4) is 6.07 Å². The highest BCUT2D eigenvalue weighted by Gasteiger charge is 2.30. The Morgan fingerprint density at radius 1 is 1.47 bits per heavy atom. The third-order valence-corrected chi connectivity index (χ3v) is 3.74. The van der Waals surface area contributed by atoms with Gasteiger partial charge in [0.15, 0.2) is 0 Å². The van der Waals surface area contributed by atoms with Crippen molar-refractivity contribution in [2.45, 2.75) is 18.9 Å². The van der Waals surface area contributed by atoms with E-state index in [0.717, 1.165) is 16.4 Å². The molecule has 1 aromatic carbocycles. The van der Waals surface area contributed by atoms with Crippen LogP contribution < -0.4 is 0 Å². The van der Waals surface area contributed by atoms with Gasteiger partial charge in [0.2, 0.25) is 0 Å². The Labute approximate surface area is 94.0 Å². The van der Waals surface area contributed by atoms with Crippen molar-refractivity contribution < 1.29 is 0 Å². The lowest BCUT2D eigenvalue weighted by Crippen LogP contribution is -2.20. The molecule has 76 valence electrons. The zero-order valence-electron chi connectivity index (χ0n) is 8.60. The van der Waals surface area contributed by atoms with Crippen LogP contribution in [0.5, 0.6) is 0 Å². The molecule has 0 N–H and O–H groups in total. The van der Waals surface area contributed by atoms with Crippen molar-refractivity contribution in [3.05, 3.63) is 35.9 Å². The summed E-state index contributed by atoms with van der Waals surface area (Å²) in [5.41, 5.74) is 0.967. The molecule has 0 aliphatic carbocycles. The van der Waals surface area contributed by atoms with E-state index >= 15 is 0 Å². The maximum absolute atomic E-state index is 8.72. The van der Waals surface area contributed by atoms with Crippen LogP contribution in [0, 0.1) is 11.3 Å². The first kappa shape index (κ1) is 10.3. The second-order valence-electron chi connectivity index (χ2n) is 3.90. The predicted molar refractivity (Wildman–Crippen MR) is 64.1 cm³/mol. The molecule has 0 unspecified atom stereocenters. The Bertz CT molecular complexity index is 419. The number of thioether (sulfide) groups is 1. The summed E-state index contributed by atoms with van der Waals surface area (Å²) in [4.78, 5) is 4.64. The van der Waals surface area contributed by atoms with Gasteiger partial charge < -0.3 is 0 Å². The molecule has 2 rings (SSSR count). The molecule has 1 heterocycles. The molecule has 0 saturated carbocycles. The van der Waals surface area contributed by atoms with Crippen LogP contribution in [-0.4, -0.2) is 16.3 Å². The first-order valence-electron chi connectivity index (χ1n) is 4.88. The summed E-state index contributed by atoms with van der Waals surface area (Å²) in [6.45, 7) is 2.04. The van der Waals surface area contributed by atoms with Crippen LogP contribution in [0.4, 0.5) is 0 Å². The smallest absolute Gasteiger partial charge is 0.0985 e. The summed E-state index contributed by atoms with van der Waals surface area (Å²) < 4.78 is 0.